The Labute approximate surface area is 274 Å². The average molecular weight is 669 g/mol. The van der Waals surface area contributed by atoms with Crippen molar-refractivity contribution in [2.75, 3.05) is 0 Å². The maximum atomic E-state index is 13.7. The highest BCUT2D eigenvalue weighted by Gasteiger charge is 2.48. The van der Waals surface area contributed by atoms with Gasteiger partial charge in [-0.2, -0.15) is 0 Å². The number of fused-ring (bicyclic) bond motifs is 8. The Bertz CT molecular complexity index is 2600. The maximum Gasteiger partial charge on any atom is 0.204 e. The molecule has 0 saturated carbocycles. The van der Waals surface area contributed by atoms with Crippen LogP contribution < -0.4 is 25.1 Å². The summed E-state index contributed by atoms with van der Waals surface area (Å²) < 4.78 is 30.3. The van der Waals surface area contributed by atoms with E-state index in [1.165, 1.54) is 26.0 Å². The molecule has 4 aromatic carbocycles. The molecule has 0 bridgehead atoms. The second-order valence-electron chi connectivity index (χ2n) is 13.3. The summed E-state index contributed by atoms with van der Waals surface area (Å²) in [4.78, 5) is 27.2. The Morgan fingerprint density at radius 1 is 0.755 bits per heavy atom. The summed E-state index contributed by atoms with van der Waals surface area (Å²) in [6, 6.07) is 7.60. The molecule has 0 saturated heterocycles. The zero-order chi connectivity index (χ0) is 34.9. The molecule has 2 aliphatic heterocycles. The number of benzene rings is 4. The van der Waals surface area contributed by atoms with Crippen LogP contribution in [0.5, 0.6) is 46.0 Å². The molecule has 2 aliphatic rings. The summed E-state index contributed by atoms with van der Waals surface area (Å²) in [6.07, 6.45) is 0.850. The van der Waals surface area contributed by atoms with Crippen LogP contribution in [0.3, 0.4) is 0 Å². The van der Waals surface area contributed by atoms with Crippen molar-refractivity contribution in [2.45, 2.75) is 51.1 Å². The Kier molecular flexibility index (Phi) is 6.01. The molecule has 0 spiro atoms. The monoisotopic (exact) mass is 668 g/mol. The molecule has 0 amide bonds. The lowest BCUT2D eigenvalue weighted by molar-refractivity contribution is -0.0693. The van der Waals surface area contributed by atoms with E-state index < -0.39 is 74.3 Å². The Morgan fingerprint density at radius 2 is 1.39 bits per heavy atom. The molecular formula is C36H28O13. The van der Waals surface area contributed by atoms with Gasteiger partial charge >= 0.3 is 0 Å². The number of aliphatic hydroxyl groups is 1. The van der Waals surface area contributed by atoms with Gasteiger partial charge in [0.2, 0.25) is 22.4 Å². The van der Waals surface area contributed by atoms with Crippen molar-refractivity contribution in [3.8, 4) is 46.0 Å². The van der Waals surface area contributed by atoms with Gasteiger partial charge in [-0.15, -0.1) is 0 Å². The van der Waals surface area contributed by atoms with Gasteiger partial charge < -0.3 is 53.7 Å². The molecule has 2 atom stereocenters. The van der Waals surface area contributed by atoms with Crippen LogP contribution in [-0.4, -0.2) is 47.9 Å². The second-order valence-corrected chi connectivity index (χ2v) is 13.3. The first-order valence-corrected chi connectivity index (χ1v) is 15.2. The fourth-order valence-electron chi connectivity index (χ4n) is 6.51. The fraction of sp³-hybridized carbons (Fsp3) is 0.222. The van der Waals surface area contributed by atoms with Crippen LogP contribution in [0.2, 0.25) is 0 Å². The zero-order valence-electron chi connectivity index (χ0n) is 26.3. The molecule has 6 aromatic rings. The molecule has 250 valence electrons. The molecule has 0 aliphatic carbocycles. The van der Waals surface area contributed by atoms with Crippen molar-refractivity contribution in [1.82, 2.24) is 0 Å². The van der Waals surface area contributed by atoms with Crippen molar-refractivity contribution in [2.24, 2.45) is 0 Å². The number of hydrogen-bond acceptors (Lipinski definition) is 13. The number of phenols is 5. The van der Waals surface area contributed by atoms with Gasteiger partial charge in [-0.05, 0) is 64.1 Å². The van der Waals surface area contributed by atoms with Gasteiger partial charge in [0.15, 0.2) is 40.5 Å². The number of aromatic hydroxyl groups is 5. The van der Waals surface area contributed by atoms with Gasteiger partial charge in [0.25, 0.3) is 0 Å². The van der Waals surface area contributed by atoms with E-state index in [4.69, 9.17) is 23.0 Å². The van der Waals surface area contributed by atoms with Gasteiger partial charge in [0.05, 0.1) is 27.5 Å². The van der Waals surface area contributed by atoms with Crippen molar-refractivity contribution in [3.63, 3.8) is 0 Å². The van der Waals surface area contributed by atoms with Crippen LogP contribution in [0, 0.1) is 0 Å². The Balaban J connectivity index is 1.36. The maximum absolute atomic E-state index is 13.7. The Morgan fingerprint density at radius 3 is 2.10 bits per heavy atom. The van der Waals surface area contributed by atoms with Crippen molar-refractivity contribution in [3.05, 3.63) is 74.0 Å². The molecule has 13 nitrogen and oxygen atoms in total. The van der Waals surface area contributed by atoms with E-state index in [0.29, 0.717) is 11.3 Å². The van der Waals surface area contributed by atoms with Crippen LogP contribution in [0.25, 0.3) is 50.0 Å². The minimum absolute atomic E-state index is 0.000381. The molecule has 6 N–H and O–H groups in total. The first kappa shape index (κ1) is 30.3. The van der Waals surface area contributed by atoms with E-state index in [1.807, 2.05) is 13.8 Å². The minimum atomic E-state index is -1.67. The topological polar surface area (TPSA) is 209 Å². The van der Waals surface area contributed by atoms with Crippen LogP contribution in [0.4, 0.5) is 0 Å². The minimum Gasteiger partial charge on any atom is -0.507 e. The molecule has 0 fully saturated rings. The smallest absolute Gasteiger partial charge is 0.204 e. The van der Waals surface area contributed by atoms with E-state index >= 15 is 0 Å². The number of hydrogen-bond donors (Lipinski definition) is 6. The Hall–Kier alpha value is -6.08. The fourth-order valence-corrected chi connectivity index (χ4v) is 6.51. The third-order valence-corrected chi connectivity index (χ3v) is 8.87. The number of rotatable bonds is 3. The predicted molar refractivity (Wildman–Crippen MR) is 176 cm³/mol. The van der Waals surface area contributed by atoms with E-state index in [2.05, 4.69) is 0 Å². The molecule has 4 heterocycles. The van der Waals surface area contributed by atoms with Crippen molar-refractivity contribution < 1.29 is 53.7 Å². The molecule has 49 heavy (non-hydrogen) atoms. The standard InChI is InChI=1S/C36H28O13/c1-35(2)10-9-13-19(49-35)8-6-14-25(40)23-18(39)12-21(28(43)32(23)47-29(13)14)45-33-24-20(46-34(33)36(3,4)44)11-17(38)22-26(41)15-5-7-16(37)27(42)30(15)48-31(22)24/h5-12,33-34,37-39,42-44H,1-4H3/t33-,34+/m0/s1. The summed E-state index contributed by atoms with van der Waals surface area (Å²) in [5, 5.41) is 64.8. The van der Waals surface area contributed by atoms with Crippen LogP contribution in [0.1, 0.15) is 44.9 Å². The highest BCUT2D eigenvalue weighted by atomic mass is 16.6. The van der Waals surface area contributed by atoms with Gasteiger partial charge in [-0.25, -0.2) is 0 Å². The summed E-state index contributed by atoms with van der Waals surface area (Å²) in [5.74, 6) is -3.11. The molecule has 0 radical (unpaired) electrons. The molecular weight excluding hydrogens is 640 g/mol. The number of ether oxygens (including phenoxy) is 3. The van der Waals surface area contributed by atoms with Gasteiger partial charge in [0, 0.05) is 12.1 Å². The summed E-state index contributed by atoms with van der Waals surface area (Å²) in [6.45, 7) is 6.55. The largest absolute Gasteiger partial charge is 0.507 e. The quantitative estimate of drug-likeness (QED) is 0.0775. The highest BCUT2D eigenvalue weighted by Crippen LogP contribution is 2.52. The van der Waals surface area contributed by atoms with Gasteiger partial charge in [-0.1, -0.05) is 0 Å². The van der Waals surface area contributed by atoms with E-state index in [-0.39, 0.29) is 49.6 Å². The lowest BCUT2D eigenvalue weighted by atomic mass is 9.93. The summed E-state index contributed by atoms with van der Waals surface area (Å²) >= 11 is 0. The molecule has 0 unspecified atom stereocenters. The zero-order valence-corrected chi connectivity index (χ0v) is 26.3. The van der Waals surface area contributed by atoms with Gasteiger partial charge in [-0.3, -0.25) is 9.59 Å². The lowest BCUT2D eigenvalue weighted by Gasteiger charge is -2.30. The predicted octanol–water partition coefficient (Wildman–Crippen LogP) is 5.57. The third kappa shape index (κ3) is 4.28. The van der Waals surface area contributed by atoms with Crippen LogP contribution >= 0.6 is 0 Å². The first-order chi connectivity index (χ1) is 23.1. The second kappa shape index (κ2) is 9.73. The molecule has 2 aromatic heterocycles. The van der Waals surface area contributed by atoms with E-state index in [0.717, 1.165) is 18.2 Å². The summed E-state index contributed by atoms with van der Waals surface area (Å²) in [5.41, 5.74) is -4.21. The molecule has 8 rings (SSSR count). The highest BCUT2D eigenvalue weighted by molar-refractivity contribution is 6.01. The lowest BCUT2D eigenvalue weighted by Crippen LogP contribution is -2.43. The first-order valence-electron chi connectivity index (χ1n) is 15.2. The third-order valence-electron chi connectivity index (χ3n) is 8.87. The van der Waals surface area contributed by atoms with Crippen molar-refractivity contribution in [1.29, 1.82) is 0 Å². The van der Waals surface area contributed by atoms with Gasteiger partial charge in [0.1, 0.15) is 45.0 Å². The van der Waals surface area contributed by atoms with Crippen molar-refractivity contribution >= 4 is 50.0 Å². The van der Waals surface area contributed by atoms with Crippen LogP contribution in [-0.2, 0) is 0 Å². The van der Waals surface area contributed by atoms with Crippen LogP contribution in [0.15, 0.2) is 60.9 Å². The molecule has 13 heteroatoms. The number of phenolic OH excluding ortho intramolecular Hbond substituents is 5. The van der Waals surface area contributed by atoms with E-state index in [9.17, 15) is 40.2 Å². The normalized spacial score (nSPS) is 18.1. The summed E-state index contributed by atoms with van der Waals surface area (Å²) in [7, 11) is 0. The SMILES string of the molecule is CC1(C)C=Cc2c(ccc3c(=O)c4c(O)cc(O[C@H]5c6c(cc(O)c7c(=O)c8ccc(O)c(O)c8oc67)O[C@H]5C(C)(C)O)c(O)c4oc23)O1. The van der Waals surface area contributed by atoms with E-state index in [1.54, 1.807) is 18.2 Å². The average Bonchev–Trinajstić information content (AvgIpc) is 3.39.